The molecule has 0 amide bonds. The maximum Gasteiger partial charge on any atom is 0.240 e. The smallest absolute Gasteiger partial charge is 0.240 e. The van der Waals surface area contributed by atoms with Gasteiger partial charge in [-0.15, -0.1) is 0 Å². The summed E-state index contributed by atoms with van der Waals surface area (Å²) in [5.74, 6) is -1.83. The summed E-state index contributed by atoms with van der Waals surface area (Å²) in [4.78, 5) is 1.68. The van der Waals surface area contributed by atoms with Crippen LogP contribution in [0.4, 0.5) is 8.78 Å². The first-order valence-corrected chi connectivity index (χ1v) is 7.98. The molecule has 7 heteroatoms. The van der Waals surface area contributed by atoms with Gasteiger partial charge in [-0.25, -0.2) is 21.9 Å². The first-order valence-electron chi connectivity index (χ1n) is 6.50. The summed E-state index contributed by atoms with van der Waals surface area (Å²) in [6.45, 7) is 7.64. The van der Waals surface area contributed by atoms with Gasteiger partial charge in [-0.05, 0) is 32.1 Å². The van der Waals surface area contributed by atoms with E-state index in [4.69, 9.17) is 0 Å². The van der Waals surface area contributed by atoms with Crippen LogP contribution in [-0.4, -0.2) is 39.0 Å². The number of hydrogen-bond donors (Lipinski definition) is 1. The van der Waals surface area contributed by atoms with Gasteiger partial charge in [0.15, 0.2) is 0 Å². The van der Waals surface area contributed by atoms with Crippen molar-refractivity contribution in [2.45, 2.75) is 31.7 Å². The lowest BCUT2D eigenvalue weighted by Crippen LogP contribution is -2.41. The molecule has 0 saturated heterocycles. The Balaban J connectivity index is 2.80. The number of rotatable bonds is 7. The van der Waals surface area contributed by atoms with Gasteiger partial charge in [-0.3, -0.25) is 4.90 Å². The Morgan fingerprint density at radius 1 is 1.15 bits per heavy atom. The molecule has 1 atom stereocenters. The topological polar surface area (TPSA) is 49.4 Å². The van der Waals surface area contributed by atoms with Gasteiger partial charge in [-0.1, -0.05) is 13.8 Å². The zero-order valence-electron chi connectivity index (χ0n) is 11.9. The van der Waals surface area contributed by atoms with Crippen molar-refractivity contribution in [1.29, 1.82) is 0 Å². The maximum atomic E-state index is 13.1. The standard InChI is InChI=1S/C13H20F2N2O2S/c1-4-17(5-2)10(3)9-16-20(18,19)13-7-11(14)6-12(15)8-13/h6-8,10,16H,4-5,9H2,1-3H3. The summed E-state index contributed by atoms with van der Waals surface area (Å²) in [5, 5.41) is 0. The van der Waals surface area contributed by atoms with Crippen LogP contribution in [-0.2, 0) is 10.0 Å². The van der Waals surface area contributed by atoms with Crippen LogP contribution in [0.3, 0.4) is 0 Å². The highest BCUT2D eigenvalue weighted by Gasteiger charge is 2.18. The molecule has 20 heavy (non-hydrogen) atoms. The predicted octanol–water partition coefficient (Wildman–Crippen LogP) is 1.97. The van der Waals surface area contributed by atoms with Crippen LogP contribution in [0.1, 0.15) is 20.8 Å². The zero-order valence-corrected chi connectivity index (χ0v) is 12.7. The highest BCUT2D eigenvalue weighted by molar-refractivity contribution is 7.89. The zero-order chi connectivity index (χ0) is 15.3. The molecule has 0 saturated carbocycles. The molecule has 0 bridgehead atoms. The van der Waals surface area contributed by atoms with E-state index in [9.17, 15) is 17.2 Å². The molecule has 0 radical (unpaired) electrons. The molecule has 1 unspecified atom stereocenters. The first-order chi connectivity index (χ1) is 9.30. The molecule has 0 heterocycles. The number of benzene rings is 1. The second-order valence-corrected chi connectivity index (χ2v) is 6.29. The first kappa shape index (κ1) is 17.0. The van der Waals surface area contributed by atoms with Crippen molar-refractivity contribution >= 4 is 10.0 Å². The molecule has 0 aliphatic heterocycles. The summed E-state index contributed by atoms with van der Waals surface area (Å²) in [6, 6.07) is 2.23. The van der Waals surface area contributed by atoms with Gasteiger partial charge in [-0.2, -0.15) is 0 Å². The van der Waals surface area contributed by atoms with Crippen LogP contribution < -0.4 is 4.72 Å². The van der Waals surface area contributed by atoms with Gasteiger partial charge < -0.3 is 0 Å². The van der Waals surface area contributed by atoms with E-state index in [1.165, 1.54) is 0 Å². The highest BCUT2D eigenvalue weighted by atomic mass is 32.2. The second kappa shape index (κ2) is 7.10. The van der Waals surface area contributed by atoms with Crippen LogP contribution in [0.25, 0.3) is 0 Å². The van der Waals surface area contributed by atoms with E-state index >= 15 is 0 Å². The normalized spacial score (nSPS) is 13.7. The average Bonchev–Trinajstić information content (AvgIpc) is 2.37. The largest absolute Gasteiger partial charge is 0.300 e. The second-order valence-electron chi connectivity index (χ2n) is 4.53. The quantitative estimate of drug-likeness (QED) is 0.838. The fourth-order valence-electron chi connectivity index (χ4n) is 1.97. The average molecular weight is 306 g/mol. The molecule has 0 aliphatic rings. The van der Waals surface area contributed by atoms with Gasteiger partial charge in [0.2, 0.25) is 10.0 Å². The molecule has 114 valence electrons. The van der Waals surface area contributed by atoms with Gasteiger partial charge in [0.1, 0.15) is 11.6 Å². The number of hydrogen-bond acceptors (Lipinski definition) is 3. The lowest BCUT2D eigenvalue weighted by Gasteiger charge is -2.26. The minimum Gasteiger partial charge on any atom is -0.300 e. The molecule has 1 N–H and O–H groups in total. The molecular weight excluding hydrogens is 286 g/mol. The molecule has 0 spiro atoms. The van der Waals surface area contributed by atoms with Crippen molar-refractivity contribution in [3.05, 3.63) is 29.8 Å². The Labute approximate surface area is 118 Å². The van der Waals surface area contributed by atoms with Gasteiger partial charge >= 0.3 is 0 Å². The SMILES string of the molecule is CCN(CC)C(C)CNS(=O)(=O)c1cc(F)cc(F)c1. The monoisotopic (exact) mass is 306 g/mol. The molecule has 0 aromatic heterocycles. The minimum atomic E-state index is -3.91. The molecular formula is C13H20F2N2O2S. The number of sulfonamides is 1. The maximum absolute atomic E-state index is 13.1. The van der Waals surface area contributed by atoms with Crippen molar-refractivity contribution in [3.63, 3.8) is 0 Å². The number of nitrogens with zero attached hydrogens (tertiary/aromatic N) is 1. The number of halogens is 2. The summed E-state index contributed by atoms with van der Waals surface area (Å²) in [6.07, 6.45) is 0. The van der Waals surface area contributed by atoms with Crippen LogP contribution in [0.15, 0.2) is 23.1 Å². The highest BCUT2D eigenvalue weighted by Crippen LogP contribution is 2.13. The molecule has 4 nitrogen and oxygen atoms in total. The van der Waals surface area contributed by atoms with E-state index in [0.29, 0.717) is 6.07 Å². The van der Waals surface area contributed by atoms with E-state index in [1.54, 1.807) is 0 Å². The Bertz CT molecular complexity index is 525. The summed E-state index contributed by atoms with van der Waals surface area (Å²) >= 11 is 0. The van der Waals surface area contributed by atoms with E-state index in [2.05, 4.69) is 9.62 Å². The fraction of sp³-hybridized carbons (Fsp3) is 0.538. The lowest BCUT2D eigenvalue weighted by atomic mass is 10.3. The van der Waals surface area contributed by atoms with E-state index in [0.717, 1.165) is 25.2 Å². The molecule has 1 aromatic rings. The van der Waals surface area contributed by atoms with Gasteiger partial charge in [0, 0.05) is 18.7 Å². The van der Waals surface area contributed by atoms with Gasteiger partial charge in [0.25, 0.3) is 0 Å². The van der Waals surface area contributed by atoms with Crippen LogP contribution in [0.2, 0.25) is 0 Å². The fourth-order valence-corrected chi connectivity index (χ4v) is 3.14. The Hall–Kier alpha value is -1.05. The van der Waals surface area contributed by atoms with E-state index < -0.39 is 26.6 Å². The van der Waals surface area contributed by atoms with Crippen LogP contribution in [0.5, 0.6) is 0 Å². The van der Waals surface area contributed by atoms with E-state index in [-0.39, 0.29) is 12.6 Å². The molecule has 1 aromatic carbocycles. The van der Waals surface area contributed by atoms with Crippen LogP contribution >= 0.6 is 0 Å². The van der Waals surface area contributed by atoms with Crippen molar-refractivity contribution in [1.82, 2.24) is 9.62 Å². The summed E-state index contributed by atoms with van der Waals surface area (Å²) in [7, 11) is -3.91. The molecule has 0 fully saturated rings. The van der Waals surface area contributed by atoms with E-state index in [1.807, 2.05) is 20.8 Å². The van der Waals surface area contributed by atoms with Crippen molar-refractivity contribution < 1.29 is 17.2 Å². The van der Waals surface area contributed by atoms with Crippen molar-refractivity contribution in [3.8, 4) is 0 Å². The number of likely N-dealkylation sites (N-methyl/N-ethyl adjacent to an activating group) is 1. The third kappa shape index (κ3) is 4.50. The molecule has 1 rings (SSSR count). The lowest BCUT2D eigenvalue weighted by molar-refractivity contribution is 0.232. The summed E-state index contributed by atoms with van der Waals surface area (Å²) in [5.41, 5.74) is 0. The van der Waals surface area contributed by atoms with Gasteiger partial charge in [0.05, 0.1) is 4.90 Å². The number of nitrogens with one attached hydrogen (secondary N) is 1. The minimum absolute atomic E-state index is 0.00168. The Morgan fingerprint density at radius 3 is 2.10 bits per heavy atom. The third-order valence-corrected chi connectivity index (χ3v) is 4.55. The third-order valence-electron chi connectivity index (χ3n) is 3.15. The Morgan fingerprint density at radius 2 is 1.65 bits per heavy atom. The molecule has 0 aliphatic carbocycles. The van der Waals surface area contributed by atoms with Crippen molar-refractivity contribution in [2.24, 2.45) is 0 Å². The predicted molar refractivity (Wildman–Crippen MR) is 73.9 cm³/mol. The van der Waals surface area contributed by atoms with Crippen molar-refractivity contribution in [2.75, 3.05) is 19.6 Å². The summed E-state index contributed by atoms with van der Waals surface area (Å²) < 4.78 is 52.4. The Kier molecular flexibility index (Phi) is 6.04. The van der Waals surface area contributed by atoms with Crippen LogP contribution in [0, 0.1) is 11.6 Å².